The molecule has 4 spiro atoms. The van der Waals surface area contributed by atoms with E-state index in [1.807, 2.05) is 52.8 Å². The lowest BCUT2D eigenvalue weighted by molar-refractivity contribution is -0.135. The fourth-order valence-corrected chi connectivity index (χ4v) is 19.5. The lowest BCUT2D eigenvalue weighted by atomic mass is 9.88. The van der Waals surface area contributed by atoms with Crippen molar-refractivity contribution in [3.05, 3.63) is 163 Å². The number of ketones is 1. The van der Waals surface area contributed by atoms with Gasteiger partial charge in [-0.3, -0.25) is 38.1 Å². The first-order chi connectivity index (χ1) is 69.1. The number of carboxylic acid groups (broad SMARTS) is 2. The molecule has 5 amide bonds. The average Bonchev–Trinajstić information content (AvgIpc) is 1.70. The summed E-state index contributed by atoms with van der Waals surface area (Å²) < 4.78 is 73.9. The quantitative estimate of drug-likeness (QED) is 0.0171. The number of Topliss-reactive ketones (excluding diaryl/α,β-unsaturated/α-hetero) is 1. The maximum Gasteiger partial charge on any atom is 0.326 e. The number of amides is 5. The molecule has 0 bridgehead atoms. The van der Waals surface area contributed by atoms with E-state index in [9.17, 15) is 33.9 Å². The summed E-state index contributed by atoms with van der Waals surface area (Å²) in [4.78, 5) is 94.4. The Morgan fingerprint density at radius 1 is 0.404 bits per heavy atom. The molecule has 0 radical (unpaired) electrons. The van der Waals surface area contributed by atoms with E-state index < -0.39 is 24.6 Å². The number of carboxylic acids is 2. The molecule has 33 nitrogen and oxygen atoms in total. The van der Waals surface area contributed by atoms with Gasteiger partial charge in [-0.1, -0.05) is 189 Å². The Morgan fingerprint density at radius 2 is 0.671 bits per heavy atom. The highest BCUT2D eigenvalue weighted by molar-refractivity contribution is 5.89. The van der Waals surface area contributed by atoms with Crippen LogP contribution in [-0.2, 0) is 90.4 Å². The summed E-state index contributed by atoms with van der Waals surface area (Å²) in [7, 11) is 0. The zero-order chi connectivity index (χ0) is 107. The van der Waals surface area contributed by atoms with Gasteiger partial charge in [-0.2, -0.15) is 0 Å². The van der Waals surface area contributed by atoms with Gasteiger partial charge in [-0.05, 0) is 173 Å². The molecule has 1 aromatic heterocycles. The first-order valence-corrected chi connectivity index (χ1v) is 53.1. The molecule has 33 heteroatoms. The molecule has 1 aromatic rings. The van der Waals surface area contributed by atoms with Gasteiger partial charge in [0.05, 0.1) is 177 Å². The molecule has 146 heavy (non-hydrogen) atoms. The molecule has 818 valence electrons. The first kappa shape index (κ1) is 123. The molecule has 29 atom stereocenters. The number of epoxide rings is 4. The van der Waals surface area contributed by atoms with Crippen molar-refractivity contribution in [1.29, 1.82) is 0 Å². The molecule has 12 aliphatic rings. The van der Waals surface area contributed by atoms with Gasteiger partial charge in [-0.15, -0.1) is 0 Å². The van der Waals surface area contributed by atoms with Crippen molar-refractivity contribution in [2.45, 2.75) is 405 Å². The van der Waals surface area contributed by atoms with E-state index >= 15 is 0 Å². The maximum atomic E-state index is 12.3. The Labute approximate surface area is 867 Å². The third-order valence-electron chi connectivity index (χ3n) is 28.3. The van der Waals surface area contributed by atoms with Gasteiger partial charge in [-0.25, -0.2) is 9.78 Å². The summed E-state index contributed by atoms with van der Waals surface area (Å²) in [6.07, 6.45) is 57.1. The van der Waals surface area contributed by atoms with Crippen molar-refractivity contribution >= 4 is 47.4 Å². The van der Waals surface area contributed by atoms with Crippen LogP contribution >= 0.6 is 0 Å². The molecule has 13 heterocycles. The van der Waals surface area contributed by atoms with E-state index in [0.29, 0.717) is 74.1 Å². The number of carbonyl (C=O) groups excluding carboxylic acids is 6. The van der Waals surface area contributed by atoms with Crippen LogP contribution in [0.5, 0.6) is 0 Å². The number of aromatic nitrogens is 2. The summed E-state index contributed by atoms with van der Waals surface area (Å²) >= 11 is 0. The predicted octanol–water partition coefficient (Wildman–Crippen LogP) is 14.1. The van der Waals surface area contributed by atoms with Crippen molar-refractivity contribution in [1.82, 2.24) is 36.1 Å². The highest BCUT2D eigenvalue weighted by atomic mass is 16.6. The van der Waals surface area contributed by atoms with Crippen LogP contribution in [0.3, 0.4) is 0 Å². The minimum atomic E-state index is -0.833. The summed E-state index contributed by atoms with van der Waals surface area (Å²) in [6.45, 7) is 45.5. The third kappa shape index (κ3) is 44.9. The summed E-state index contributed by atoms with van der Waals surface area (Å²) in [6, 6.07) is -0.173. The van der Waals surface area contributed by atoms with Crippen LogP contribution in [0.4, 0.5) is 4.79 Å². The number of imidazole rings is 1. The summed E-state index contributed by atoms with van der Waals surface area (Å²) in [5.41, 5.74) is 16.0. The molecular formula is C113H177N9O24. The molecule has 0 unspecified atom stereocenters. The Morgan fingerprint density at radius 3 is 0.925 bits per heavy atom. The van der Waals surface area contributed by atoms with Gasteiger partial charge in [0.1, 0.15) is 12.9 Å². The average molecular weight is 2050 g/mol. The van der Waals surface area contributed by atoms with Crippen LogP contribution in [-0.4, -0.2) is 280 Å². The van der Waals surface area contributed by atoms with E-state index in [2.05, 4.69) is 194 Å². The number of nitrogens with two attached hydrogens (primary N) is 2. The Bertz CT molecular complexity index is 4520. The maximum absolute atomic E-state index is 12.3. The van der Waals surface area contributed by atoms with Crippen LogP contribution in [0.15, 0.2) is 163 Å². The second kappa shape index (κ2) is 59.9. The van der Waals surface area contributed by atoms with Crippen LogP contribution in [0.25, 0.3) is 0 Å². The smallest absolute Gasteiger partial charge is 0.326 e. The number of hydrogen-bond donors (Lipinski definition) is 11. The number of aliphatic hydroxyl groups excluding tert-OH is 2. The number of carbonyl (C=O) groups is 8. The Balaban J connectivity index is 0.000000232. The lowest BCUT2D eigenvalue weighted by Crippen LogP contribution is -2.50. The molecule has 0 saturated carbocycles. The van der Waals surface area contributed by atoms with Gasteiger partial charge in [0.15, 0.2) is 5.78 Å². The predicted molar refractivity (Wildman–Crippen MR) is 562 cm³/mol. The van der Waals surface area contributed by atoms with Gasteiger partial charge in [0.25, 0.3) is 11.9 Å². The number of aliphatic hydroxyl groups is 2. The minimum absolute atomic E-state index is 0.00425. The number of hydrogen-bond acceptors (Lipinski definition) is 25. The van der Waals surface area contributed by atoms with Crippen LogP contribution < -0.4 is 38.1 Å². The van der Waals surface area contributed by atoms with Crippen molar-refractivity contribution in [2.24, 2.45) is 52.9 Å². The normalized spacial score (nSPS) is 34.7. The molecule has 13 rings (SSSR count). The highest BCUT2D eigenvalue weighted by Crippen LogP contribution is 2.47. The number of nitrogens with one attached hydrogen (secondary N) is 5. The fourth-order valence-electron chi connectivity index (χ4n) is 19.5. The van der Waals surface area contributed by atoms with Crippen molar-refractivity contribution in [2.75, 3.05) is 52.7 Å². The van der Waals surface area contributed by atoms with E-state index in [1.54, 1.807) is 37.5 Å². The molecule has 12 aliphatic heterocycles. The fraction of sp³-hybridized carbons (Fsp3) is 0.690. The zero-order valence-corrected chi connectivity index (χ0v) is 90.6. The molecule has 12 fully saturated rings. The van der Waals surface area contributed by atoms with Crippen molar-refractivity contribution in [3.8, 4) is 0 Å². The van der Waals surface area contributed by atoms with Gasteiger partial charge < -0.3 is 115 Å². The molecule has 12 saturated heterocycles. The second-order valence-electron chi connectivity index (χ2n) is 43.7. The van der Waals surface area contributed by atoms with Gasteiger partial charge in [0.2, 0.25) is 23.6 Å². The topological polar surface area (TPSA) is 471 Å². The zero-order valence-electron chi connectivity index (χ0n) is 90.6. The lowest BCUT2D eigenvalue weighted by Gasteiger charge is -2.39. The molecule has 0 aromatic carbocycles. The SMILES string of the molecule is CC(/C=C/[C@@H]1C[C@]2(CO2)C[C@@H](CC(=O)CO)O1)=C\C[C@@H]1O[C@H](C)[C@H](NC(=O)/C=C\C(C)C)C[C@@H]1C.CC(/C=C/[C@@H]1C[C@]2(CO2)C[C@@H](CN)O1)=C\C[C@@H]1O[C@H](C)[C@H](NC(=O)/C=C\C(C)C)C[C@@H]1C.CC(/C=C/[C@@H]1C[C@]2(CO2)C[C@@H](CN)O1)=C\C[C@@H]1O[C@H](C)[C@H](NC(=O)/C=C\[C@H](C)O)C[C@@H]1C.CC(/C=C/[C@@H]1C[C@]2(CO2)C[C@@H](CNC(=O)n2ccnc2)O1)=C\C[C@@H]1O[C@H](C)[C@H](NC(=O)/C=C\C(C)C)C[C@@H]1C.CC(=O)O.CC(=O)O. The van der Waals surface area contributed by atoms with Crippen LogP contribution in [0.2, 0.25) is 0 Å². The van der Waals surface area contributed by atoms with Gasteiger partial charge >= 0.3 is 6.03 Å². The summed E-state index contributed by atoms with van der Waals surface area (Å²) in [5.74, 6) is 0.206. The standard InChI is InChI=1S/C30H44N4O5.C28H43NO6.C26H42N2O4.C25H40N2O5.2C2H4O2/c1-20(2)6-11-28(35)33-26-14-22(4)27(38-23(26)5)10-8-21(3)7-9-24-15-30(18-37-30)16-25(39-24)17-32-29(36)34-13-12-31-19-34;1-18(2)6-11-27(32)29-25-12-20(4)26(34-21(25)5)10-8-19(3)7-9-23-14-28(17-33-28)15-24(35-23)13-22(31)16-30;1-17(2)6-11-25(29)28-23-12-19(4)24(31-20(23)5)10-8-18(3)7-9-21-13-26(16-30-26)14-22(15-27)32-21;1-16(5-8-20-12-25(15-30-25)13-21(14-26)32-20)6-9-23-17(2)11-22(19(4)31-23)27-24(29)10-7-18(3)28;2*1-2(3)4/h6-9,11-13,19-20,22-27H,10,14-18H2,1-5H3,(H,32,36)(H,33,35);6-9,11,18,20-21,23-26,30H,10,12-17H2,1-5H3,(H,29,32);6-9,11,17,19-24H,10,12-16,27H2,1-5H3,(H,28,29);5-8,10,17-23,28H,9,11-15,26H2,1-4H3,(H,27,29);2*1H3,(H,3,4)/b9-7+,11-6-,21-8+;9-7+,11-6-,19-8+;9-7+,11-6-,18-8+;8-5+,10-7-,16-6+;;/t22-,23+,24+,25-,26+,27-,30+;20-,21+,23+,24+,25+,26-,28+;19-,20+,21+,22-,23+,24-,26+;17-,18-,19+,20+,21-,22+,23-,25+;;/m0000../s1. The monoisotopic (exact) mass is 2040 g/mol. The van der Waals surface area contributed by atoms with Crippen LogP contribution in [0.1, 0.15) is 255 Å². The van der Waals surface area contributed by atoms with E-state index in [0.717, 1.165) is 141 Å². The van der Waals surface area contributed by atoms with Crippen molar-refractivity contribution in [3.63, 3.8) is 0 Å². The van der Waals surface area contributed by atoms with Gasteiger partial charge in [0, 0.05) is 110 Å². The van der Waals surface area contributed by atoms with Crippen molar-refractivity contribution < 1.29 is 116 Å². The Hall–Kier alpha value is -8.59. The first-order valence-electron chi connectivity index (χ1n) is 53.1. The second-order valence-corrected chi connectivity index (χ2v) is 43.7. The molecule has 13 N–H and O–H groups in total. The third-order valence-corrected chi connectivity index (χ3v) is 28.3. The molecule has 0 aliphatic carbocycles. The minimum Gasteiger partial charge on any atom is -0.481 e. The Kier molecular flexibility index (Phi) is 50.3. The van der Waals surface area contributed by atoms with Crippen LogP contribution in [0, 0.1) is 41.4 Å². The number of aliphatic carboxylic acids is 2. The van der Waals surface area contributed by atoms with E-state index in [1.165, 1.54) is 34.2 Å². The molecular weight excluding hydrogens is 1870 g/mol. The largest absolute Gasteiger partial charge is 0.481 e. The number of rotatable bonds is 35. The number of allylic oxidation sites excluding steroid dienone is 11. The summed E-state index contributed by atoms with van der Waals surface area (Å²) in [5, 5.41) is 48.4. The number of nitrogens with zero attached hydrogens (tertiary/aromatic N) is 2. The highest BCUT2D eigenvalue weighted by Gasteiger charge is 2.55. The van der Waals surface area contributed by atoms with E-state index in [-0.39, 0.29) is 186 Å². The van der Waals surface area contributed by atoms with E-state index in [4.69, 9.17) is 93.2 Å². The number of ether oxygens (including phenoxy) is 12.